The topological polar surface area (TPSA) is 41.6 Å². The number of carbonyl (C=O) groups is 1. The van der Waals surface area contributed by atoms with Gasteiger partial charge in [0, 0.05) is 44.1 Å². The van der Waals surface area contributed by atoms with E-state index >= 15 is 0 Å². The molecular weight excluding hydrogens is 338 g/mol. The van der Waals surface area contributed by atoms with Gasteiger partial charge in [-0.25, -0.2) is 8.78 Å². The molecule has 1 aliphatic heterocycles. The van der Waals surface area contributed by atoms with Gasteiger partial charge >= 0.3 is 0 Å². The number of nitrogens with one attached hydrogen (secondary N) is 1. The van der Waals surface area contributed by atoms with Gasteiger partial charge in [-0.3, -0.25) is 4.79 Å². The van der Waals surface area contributed by atoms with Crippen molar-refractivity contribution in [2.45, 2.75) is 50.5 Å². The van der Waals surface area contributed by atoms with Gasteiger partial charge in [0.2, 0.25) is 0 Å². The van der Waals surface area contributed by atoms with Crippen LogP contribution in [-0.4, -0.2) is 49.5 Å². The third-order valence-electron chi connectivity index (χ3n) is 5.66. The molecule has 2 fully saturated rings. The van der Waals surface area contributed by atoms with Gasteiger partial charge in [0.1, 0.15) is 5.75 Å². The SMILES string of the molecule is COc1ccc(C(=O)NC2CCCC[C@H]2CN2CCC(F)(F)CC2)cc1. The van der Waals surface area contributed by atoms with Gasteiger partial charge in [-0.1, -0.05) is 12.8 Å². The number of piperidine rings is 1. The maximum atomic E-state index is 13.4. The van der Waals surface area contributed by atoms with Crippen molar-refractivity contribution in [2.75, 3.05) is 26.7 Å². The third-order valence-corrected chi connectivity index (χ3v) is 5.66. The van der Waals surface area contributed by atoms with Crippen molar-refractivity contribution in [3.8, 4) is 5.75 Å². The molecule has 1 saturated heterocycles. The summed E-state index contributed by atoms with van der Waals surface area (Å²) in [5.41, 5.74) is 0.618. The molecule has 6 heteroatoms. The summed E-state index contributed by atoms with van der Waals surface area (Å²) in [7, 11) is 1.60. The summed E-state index contributed by atoms with van der Waals surface area (Å²) in [6.07, 6.45) is 4.13. The first-order chi connectivity index (χ1) is 12.5. The minimum atomic E-state index is -2.51. The molecule has 2 aliphatic rings. The first-order valence-corrected chi connectivity index (χ1v) is 9.52. The number of nitrogens with zero attached hydrogens (tertiary/aromatic N) is 1. The smallest absolute Gasteiger partial charge is 0.251 e. The van der Waals surface area contributed by atoms with E-state index in [1.807, 2.05) is 0 Å². The van der Waals surface area contributed by atoms with Gasteiger partial charge in [-0.2, -0.15) is 0 Å². The Morgan fingerprint density at radius 1 is 1.19 bits per heavy atom. The van der Waals surface area contributed by atoms with E-state index in [4.69, 9.17) is 4.74 Å². The van der Waals surface area contributed by atoms with Gasteiger partial charge < -0.3 is 15.0 Å². The molecule has 0 aromatic heterocycles. The summed E-state index contributed by atoms with van der Waals surface area (Å²) in [4.78, 5) is 14.7. The standard InChI is InChI=1S/C20H28F2N2O2/c1-26-17-8-6-15(7-9-17)19(25)23-18-5-3-2-4-16(18)14-24-12-10-20(21,22)11-13-24/h6-9,16,18H,2-5,10-14H2,1H3,(H,23,25)/t16-,18?/m0/s1. The summed E-state index contributed by atoms with van der Waals surface area (Å²) in [5.74, 6) is -1.53. The van der Waals surface area contributed by atoms with E-state index in [1.165, 1.54) is 0 Å². The van der Waals surface area contributed by atoms with E-state index in [0.717, 1.165) is 38.0 Å². The van der Waals surface area contributed by atoms with Crippen molar-refractivity contribution in [1.82, 2.24) is 10.2 Å². The highest BCUT2D eigenvalue weighted by molar-refractivity contribution is 5.94. The summed E-state index contributed by atoms with van der Waals surface area (Å²) in [6, 6.07) is 7.19. The quantitative estimate of drug-likeness (QED) is 0.864. The van der Waals surface area contributed by atoms with Crippen molar-refractivity contribution in [1.29, 1.82) is 0 Å². The predicted molar refractivity (Wildman–Crippen MR) is 96.8 cm³/mol. The molecule has 26 heavy (non-hydrogen) atoms. The second-order valence-electron chi connectivity index (χ2n) is 7.51. The lowest BCUT2D eigenvalue weighted by molar-refractivity contribution is -0.0586. The number of methoxy groups -OCH3 is 1. The van der Waals surface area contributed by atoms with Crippen LogP contribution in [0.25, 0.3) is 0 Å². The summed E-state index contributed by atoms with van der Waals surface area (Å²) >= 11 is 0. The third kappa shape index (κ3) is 4.93. The van der Waals surface area contributed by atoms with Gasteiger partial charge in [-0.15, -0.1) is 0 Å². The lowest BCUT2D eigenvalue weighted by Gasteiger charge is -2.38. The van der Waals surface area contributed by atoms with Crippen molar-refractivity contribution in [3.05, 3.63) is 29.8 Å². The highest BCUT2D eigenvalue weighted by Crippen LogP contribution is 2.31. The number of likely N-dealkylation sites (tertiary alicyclic amines) is 1. The Morgan fingerprint density at radius 2 is 1.85 bits per heavy atom. The largest absolute Gasteiger partial charge is 0.497 e. The van der Waals surface area contributed by atoms with Crippen LogP contribution < -0.4 is 10.1 Å². The van der Waals surface area contributed by atoms with Crippen LogP contribution in [0.5, 0.6) is 5.75 Å². The fraction of sp³-hybridized carbons (Fsp3) is 0.650. The van der Waals surface area contributed by atoms with E-state index in [0.29, 0.717) is 24.6 Å². The van der Waals surface area contributed by atoms with Gasteiger partial charge in [-0.05, 0) is 43.0 Å². The van der Waals surface area contributed by atoms with Crippen LogP contribution in [0.2, 0.25) is 0 Å². The summed E-state index contributed by atoms with van der Waals surface area (Å²) in [5, 5.41) is 3.17. The predicted octanol–water partition coefficient (Wildman–Crippen LogP) is 3.71. The molecule has 2 atom stereocenters. The Hall–Kier alpha value is -1.69. The Morgan fingerprint density at radius 3 is 2.50 bits per heavy atom. The van der Waals surface area contributed by atoms with Gasteiger partial charge in [0.15, 0.2) is 0 Å². The average molecular weight is 366 g/mol. The molecule has 0 bridgehead atoms. The maximum Gasteiger partial charge on any atom is 0.251 e. The zero-order chi connectivity index (χ0) is 18.6. The molecule has 1 aromatic carbocycles. The van der Waals surface area contributed by atoms with E-state index in [1.54, 1.807) is 31.4 Å². The average Bonchev–Trinajstić information content (AvgIpc) is 2.65. The fourth-order valence-electron chi connectivity index (χ4n) is 4.00. The number of ether oxygens (including phenoxy) is 1. The Labute approximate surface area is 153 Å². The number of alkyl halides is 2. The van der Waals surface area contributed by atoms with Crippen LogP contribution in [0.15, 0.2) is 24.3 Å². The minimum Gasteiger partial charge on any atom is -0.497 e. The van der Waals surface area contributed by atoms with Crippen molar-refractivity contribution in [2.24, 2.45) is 5.92 Å². The van der Waals surface area contributed by atoms with E-state index in [9.17, 15) is 13.6 Å². The molecule has 0 spiro atoms. The van der Waals surface area contributed by atoms with Crippen LogP contribution >= 0.6 is 0 Å². The number of amides is 1. The van der Waals surface area contributed by atoms with E-state index in [-0.39, 0.29) is 24.8 Å². The maximum absolute atomic E-state index is 13.4. The molecule has 0 radical (unpaired) electrons. The normalized spacial score (nSPS) is 26.3. The van der Waals surface area contributed by atoms with Crippen LogP contribution in [0.3, 0.4) is 0 Å². The molecule has 1 unspecified atom stereocenters. The Kier molecular flexibility index (Phi) is 6.12. The Balaban J connectivity index is 1.57. The Bertz CT molecular complexity index is 596. The van der Waals surface area contributed by atoms with Crippen molar-refractivity contribution < 1.29 is 18.3 Å². The van der Waals surface area contributed by atoms with Crippen LogP contribution in [-0.2, 0) is 0 Å². The number of hydrogen-bond acceptors (Lipinski definition) is 3. The van der Waals surface area contributed by atoms with Gasteiger partial charge in [0.05, 0.1) is 7.11 Å². The second kappa shape index (κ2) is 8.33. The highest BCUT2D eigenvalue weighted by atomic mass is 19.3. The van der Waals surface area contributed by atoms with E-state index < -0.39 is 5.92 Å². The number of hydrogen-bond donors (Lipinski definition) is 1. The molecule has 3 rings (SSSR count). The summed E-state index contributed by atoms with van der Waals surface area (Å²) in [6.45, 7) is 1.69. The van der Waals surface area contributed by atoms with Crippen LogP contribution in [0.1, 0.15) is 48.9 Å². The minimum absolute atomic E-state index is 0.0530. The molecule has 1 heterocycles. The lowest BCUT2D eigenvalue weighted by Crippen LogP contribution is -2.48. The van der Waals surface area contributed by atoms with E-state index in [2.05, 4.69) is 10.2 Å². The molecule has 1 N–H and O–H groups in total. The molecular formula is C20H28F2N2O2. The van der Waals surface area contributed by atoms with Crippen LogP contribution in [0.4, 0.5) is 8.78 Å². The first-order valence-electron chi connectivity index (χ1n) is 9.52. The number of carbonyl (C=O) groups excluding carboxylic acids is 1. The first kappa shape index (κ1) is 19.1. The molecule has 4 nitrogen and oxygen atoms in total. The molecule has 144 valence electrons. The number of halogens is 2. The van der Waals surface area contributed by atoms with Gasteiger partial charge in [0.25, 0.3) is 11.8 Å². The highest BCUT2D eigenvalue weighted by Gasteiger charge is 2.36. The second-order valence-corrected chi connectivity index (χ2v) is 7.51. The molecule has 1 amide bonds. The van der Waals surface area contributed by atoms with Crippen LogP contribution in [0, 0.1) is 5.92 Å². The monoisotopic (exact) mass is 366 g/mol. The zero-order valence-electron chi connectivity index (χ0n) is 15.3. The number of benzene rings is 1. The van der Waals surface area contributed by atoms with Crippen molar-refractivity contribution >= 4 is 5.91 Å². The summed E-state index contributed by atoms with van der Waals surface area (Å²) < 4.78 is 31.8. The molecule has 1 saturated carbocycles. The molecule has 1 aliphatic carbocycles. The van der Waals surface area contributed by atoms with Crippen molar-refractivity contribution in [3.63, 3.8) is 0 Å². The lowest BCUT2D eigenvalue weighted by atomic mass is 9.83. The fourth-order valence-corrected chi connectivity index (χ4v) is 4.00. The zero-order valence-corrected chi connectivity index (χ0v) is 15.3. The number of rotatable bonds is 5. The molecule has 1 aromatic rings.